The Morgan fingerprint density at radius 2 is 1.94 bits per heavy atom. The van der Waals surface area contributed by atoms with Crippen molar-refractivity contribution in [3.05, 3.63) is 93.6 Å². The number of aliphatic hydroxyl groups excluding tert-OH is 1. The van der Waals surface area contributed by atoms with Gasteiger partial charge in [0.1, 0.15) is 11.5 Å². The Bertz CT molecular complexity index is 1170. The van der Waals surface area contributed by atoms with E-state index in [9.17, 15) is 19.1 Å². The van der Waals surface area contributed by atoms with Crippen molar-refractivity contribution in [1.82, 2.24) is 4.90 Å². The molecule has 0 spiro atoms. The maximum Gasteiger partial charge on any atom is 0.296 e. The molecule has 1 amide bonds. The number of Topliss-reactive ketones (excluding diaryl/α,β-unsaturated/α-hetero) is 1. The summed E-state index contributed by atoms with van der Waals surface area (Å²) in [4.78, 5) is 27.2. The molecule has 2 heterocycles. The Kier molecular flexibility index (Phi) is 5.65. The Hall–Kier alpha value is -3.39. The molecule has 1 atom stereocenters. The van der Waals surface area contributed by atoms with Crippen LogP contribution in [-0.2, 0) is 16.1 Å². The number of nitrogens with zero attached hydrogens (tertiary/aromatic N) is 1. The number of furan rings is 1. The fourth-order valence-electron chi connectivity index (χ4n) is 3.57. The highest BCUT2D eigenvalue weighted by molar-refractivity contribution is 9.10. The summed E-state index contributed by atoms with van der Waals surface area (Å²) in [5.74, 6) is -2.31. The quantitative estimate of drug-likeness (QED) is 0.318. The number of methoxy groups -OCH3 is 1. The number of rotatable bonds is 5. The second kappa shape index (κ2) is 8.39. The molecule has 31 heavy (non-hydrogen) atoms. The van der Waals surface area contributed by atoms with Gasteiger partial charge in [0.25, 0.3) is 11.7 Å². The average Bonchev–Trinajstić information content (AvgIpc) is 3.36. The van der Waals surface area contributed by atoms with Gasteiger partial charge in [0.15, 0.2) is 11.6 Å². The molecule has 3 aromatic rings. The first-order chi connectivity index (χ1) is 14.9. The number of aliphatic hydroxyl groups is 1. The van der Waals surface area contributed by atoms with E-state index in [0.29, 0.717) is 11.3 Å². The lowest BCUT2D eigenvalue weighted by Gasteiger charge is -2.24. The predicted molar refractivity (Wildman–Crippen MR) is 114 cm³/mol. The van der Waals surface area contributed by atoms with Crippen LogP contribution in [0, 0.1) is 5.82 Å². The van der Waals surface area contributed by atoms with Gasteiger partial charge in [-0.05, 0) is 48.0 Å². The summed E-state index contributed by atoms with van der Waals surface area (Å²) in [6.07, 6.45) is 1.47. The highest BCUT2D eigenvalue weighted by Crippen LogP contribution is 2.41. The van der Waals surface area contributed by atoms with Gasteiger partial charge in [0, 0.05) is 10.0 Å². The number of benzene rings is 2. The lowest BCUT2D eigenvalue weighted by atomic mass is 9.95. The third kappa shape index (κ3) is 3.86. The van der Waals surface area contributed by atoms with Gasteiger partial charge in [-0.15, -0.1) is 0 Å². The average molecular weight is 486 g/mol. The summed E-state index contributed by atoms with van der Waals surface area (Å²) in [6, 6.07) is 13.4. The van der Waals surface area contributed by atoms with E-state index in [2.05, 4.69) is 15.9 Å². The highest BCUT2D eigenvalue weighted by atomic mass is 79.9. The maximum absolute atomic E-state index is 14.2. The topological polar surface area (TPSA) is 80.0 Å². The van der Waals surface area contributed by atoms with E-state index < -0.39 is 29.3 Å². The fraction of sp³-hybridized carbons (Fsp3) is 0.130. The van der Waals surface area contributed by atoms with Crippen molar-refractivity contribution in [2.45, 2.75) is 12.6 Å². The first-order valence-corrected chi connectivity index (χ1v) is 10.1. The molecule has 2 aromatic carbocycles. The van der Waals surface area contributed by atoms with Crippen molar-refractivity contribution in [2.24, 2.45) is 0 Å². The smallest absolute Gasteiger partial charge is 0.296 e. The molecule has 0 bridgehead atoms. The first-order valence-electron chi connectivity index (χ1n) is 9.31. The molecule has 6 nitrogen and oxygen atoms in total. The molecule has 1 unspecified atom stereocenters. The van der Waals surface area contributed by atoms with E-state index in [1.165, 1.54) is 30.4 Å². The summed E-state index contributed by atoms with van der Waals surface area (Å²) in [5.41, 5.74) is 0.560. The number of amides is 1. The molecule has 1 fully saturated rings. The second-order valence-corrected chi connectivity index (χ2v) is 7.82. The van der Waals surface area contributed by atoms with E-state index in [0.717, 1.165) is 10.5 Å². The number of hydrogen-bond donors (Lipinski definition) is 1. The molecule has 0 saturated carbocycles. The number of carbonyl (C=O) groups excluding carboxylic acids is 2. The molecular weight excluding hydrogens is 469 g/mol. The second-order valence-electron chi connectivity index (χ2n) is 6.91. The number of carbonyl (C=O) groups is 2. The van der Waals surface area contributed by atoms with Crippen molar-refractivity contribution in [3.8, 4) is 5.75 Å². The zero-order valence-electron chi connectivity index (χ0n) is 16.3. The molecule has 1 N–H and O–H groups in total. The third-order valence-electron chi connectivity index (χ3n) is 5.06. The number of hydrogen-bond acceptors (Lipinski definition) is 5. The molecule has 1 aromatic heterocycles. The fourth-order valence-corrected chi connectivity index (χ4v) is 3.84. The minimum Gasteiger partial charge on any atom is -0.507 e. The van der Waals surface area contributed by atoms with Gasteiger partial charge in [-0.3, -0.25) is 9.59 Å². The first kappa shape index (κ1) is 20.9. The molecule has 158 valence electrons. The summed E-state index contributed by atoms with van der Waals surface area (Å²) < 4.78 is 25.3. The van der Waals surface area contributed by atoms with E-state index in [-0.39, 0.29) is 23.4 Å². The summed E-state index contributed by atoms with van der Waals surface area (Å²) in [7, 11) is 1.33. The summed E-state index contributed by atoms with van der Waals surface area (Å²) in [5, 5.41) is 11.0. The van der Waals surface area contributed by atoms with Crippen LogP contribution in [0.3, 0.4) is 0 Å². The van der Waals surface area contributed by atoms with Crippen LogP contribution in [0.4, 0.5) is 4.39 Å². The highest BCUT2D eigenvalue weighted by Gasteiger charge is 2.46. The van der Waals surface area contributed by atoms with Crippen molar-refractivity contribution in [3.63, 3.8) is 0 Å². The zero-order valence-corrected chi connectivity index (χ0v) is 17.9. The molecule has 8 heteroatoms. The van der Waals surface area contributed by atoms with Crippen molar-refractivity contribution < 1.29 is 28.2 Å². The Labute approximate surface area is 185 Å². The lowest BCUT2D eigenvalue weighted by Crippen LogP contribution is -2.29. The molecule has 0 radical (unpaired) electrons. The molecule has 1 aliphatic heterocycles. The van der Waals surface area contributed by atoms with Crippen LogP contribution in [0.25, 0.3) is 5.76 Å². The van der Waals surface area contributed by atoms with Gasteiger partial charge in [0.05, 0.1) is 31.5 Å². The standard InChI is InChI=1S/C23H17BrFNO5/c1-30-18-9-6-14(11-17(18)25)21(27)19-20(13-4-7-15(24)8-5-13)26(23(29)22(19)28)12-16-3-2-10-31-16/h2-11,20,27H,12H2,1H3/b21-19+. The third-order valence-corrected chi connectivity index (χ3v) is 5.59. The SMILES string of the molecule is COc1ccc(/C(O)=C2\C(=O)C(=O)N(Cc3ccco3)C2c2ccc(Br)cc2)cc1F. The van der Waals surface area contributed by atoms with Crippen LogP contribution in [-0.4, -0.2) is 28.8 Å². The Balaban J connectivity index is 1.86. The lowest BCUT2D eigenvalue weighted by molar-refractivity contribution is -0.140. The molecule has 0 aliphatic carbocycles. The Morgan fingerprint density at radius 3 is 2.55 bits per heavy atom. The van der Waals surface area contributed by atoms with E-state index in [4.69, 9.17) is 9.15 Å². The van der Waals surface area contributed by atoms with Crippen LogP contribution in [0.2, 0.25) is 0 Å². The predicted octanol–water partition coefficient (Wildman–Crippen LogP) is 4.81. The molecule has 4 rings (SSSR count). The zero-order chi connectivity index (χ0) is 22.1. The van der Waals surface area contributed by atoms with E-state index in [1.54, 1.807) is 36.4 Å². The van der Waals surface area contributed by atoms with Crippen LogP contribution in [0.15, 0.2) is 75.3 Å². The van der Waals surface area contributed by atoms with Gasteiger partial charge >= 0.3 is 0 Å². The minimum atomic E-state index is -0.872. The minimum absolute atomic E-state index is 0.000666. The molecular formula is C23H17BrFNO5. The van der Waals surface area contributed by atoms with E-state index in [1.807, 2.05) is 0 Å². The molecule has 1 saturated heterocycles. The normalized spacial score (nSPS) is 17.9. The number of ether oxygens (including phenoxy) is 1. The summed E-state index contributed by atoms with van der Waals surface area (Å²) >= 11 is 3.37. The number of halogens is 2. The molecule has 1 aliphatic rings. The van der Waals surface area contributed by atoms with E-state index >= 15 is 0 Å². The maximum atomic E-state index is 14.2. The van der Waals surface area contributed by atoms with Crippen LogP contribution in [0.1, 0.15) is 22.9 Å². The monoisotopic (exact) mass is 485 g/mol. The van der Waals surface area contributed by atoms with Gasteiger partial charge in [-0.25, -0.2) is 4.39 Å². The van der Waals surface area contributed by atoms with Gasteiger partial charge in [0.2, 0.25) is 0 Å². The van der Waals surface area contributed by atoms with Gasteiger partial charge in [-0.1, -0.05) is 28.1 Å². The largest absolute Gasteiger partial charge is 0.507 e. The van der Waals surface area contributed by atoms with Gasteiger partial charge < -0.3 is 19.2 Å². The van der Waals surface area contributed by atoms with Crippen LogP contribution in [0.5, 0.6) is 5.75 Å². The Morgan fingerprint density at radius 1 is 1.19 bits per heavy atom. The number of ketones is 1. The van der Waals surface area contributed by atoms with Gasteiger partial charge in [-0.2, -0.15) is 0 Å². The number of likely N-dealkylation sites (tertiary alicyclic amines) is 1. The van der Waals surface area contributed by atoms with Crippen molar-refractivity contribution in [1.29, 1.82) is 0 Å². The van der Waals surface area contributed by atoms with Crippen LogP contribution < -0.4 is 4.74 Å². The summed E-state index contributed by atoms with van der Waals surface area (Å²) in [6.45, 7) is 0.0338. The van der Waals surface area contributed by atoms with Crippen LogP contribution >= 0.6 is 15.9 Å². The van der Waals surface area contributed by atoms with Crippen molar-refractivity contribution in [2.75, 3.05) is 7.11 Å². The van der Waals surface area contributed by atoms with Crippen molar-refractivity contribution >= 4 is 33.4 Å².